The van der Waals surface area contributed by atoms with Crippen LogP contribution in [0.1, 0.15) is 24.0 Å². The van der Waals surface area contributed by atoms with Gasteiger partial charge in [0, 0.05) is 48.2 Å². The van der Waals surface area contributed by atoms with Gasteiger partial charge in [-0.25, -0.2) is 22.9 Å². The summed E-state index contributed by atoms with van der Waals surface area (Å²) in [5.74, 6) is -2.30. The van der Waals surface area contributed by atoms with Crippen molar-refractivity contribution in [1.29, 1.82) is 0 Å². The summed E-state index contributed by atoms with van der Waals surface area (Å²) in [5.41, 5.74) is 3.43. The predicted molar refractivity (Wildman–Crippen MR) is 138 cm³/mol. The third kappa shape index (κ3) is 6.68. The second-order valence-corrected chi connectivity index (χ2v) is 12.0. The number of imidazole rings is 1. The van der Waals surface area contributed by atoms with E-state index >= 15 is 0 Å². The Balaban J connectivity index is 0.000000426. The monoisotopic (exact) mass is 634 g/mol. The molecular formula is C24H23BrClF3N4O4S. The number of alkyl halides is 3. The molecule has 0 amide bonds. The standard InChI is InChI=1S/C22H22BrClN4O2S.C2HF3O2/c23-20-3-1-2-16-12-28(13-19(16)20)18-4-5-22(21(24)10-18)31(29,30)26-17-8-15(9-17)11-27-7-6-25-14-27;3-2(4,5)1(6)7/h1-7,10,14-15,17,26H,8-9,11-13H2;(H,6,7). The number of carbonyl (C=O) groups is 1. The van der Waals surface area contributed by atoms with Crippen LogP contribution in [0.4, 0.5) is 18.9 Å². The van der Waals surface area contributed by atoms with Crippen LogP contribution in [0.25, 0.3) is 0 Å². The minimum absolute atomic E-state index is 0.0558. The van der Waals surface area contributed by atoms with Crippen LogP contribution < -0.4 is 9.62 Å². The lowest BCUT2D eigenvalue weighted by Crippen LogP contribution is -2.45. The van der Waals surface area contributed by atoms with Gasteiger partial charge in [0.1, 0.15) is 4.90 Å². The van der Waals surface area contributed by atoms with Gasteiger partial charge in [0.05, 0.1) is 11.3 Å². The molecule has 1 aromatic heterocycles. The molecule has 204 valence electrons. The maximum Gasteiger partial charge on any atom is 0.490 e. The van der Waals surface area contributed by atoms with Gasteiger partial charge in [-0.2, -0.15) is 13.2 Å². The van der Waals surface area contributed by atoms with Crippen molar-refractivity contribution in [2.45, 2.75) is 49.6 Å². The Morgan fingerprint density at radius 1 is 1.21 bits per heavy atom. The number of rotatable bonds is 6. The van der Waals surface area contributed by atoms with Gasteiger partial charge in [-0.1, -0.05) is 39.7 Å². The Morgan fingerprint density at radius 3 is 2.50 bits per heavy atom. The van der Waals surface area contributed by atoms with E-state index in [-0.39, 0.29) is 16.0 Å². The van der Waals surface area contributed by atoms with E-state index in [2.05, 4.69) is 36.6 Å². The lowest BCUT2D eigenvalue weighted by molar-refractivity contribution is -0.192. The topological polar surface area (TPSA) is 105 Å². The van der Waals surface area contributed by atoms with Crippen molar-refractivity contribution in [2.24, 2.45) is 5.92 Å². The highest BCUT2D eigenvalue weighted by atomic mass is 79.9. The summed E-state index contributed by atoms with van der Waals surface area (Å²) in [7, 11) is -3.66. The lowest BCUT2D eigenvalue weighted by Gasteiger charge is -2.35. The third-order valence-electron chi connectivity index (χ3n) is 6.32. The Kier molecular flexibility index (Phi) is 8.40. The first-order chi connectivity index (χ1) is 17.8. The summed E-state index contributed by atoms with van der Waals surface area (Å²) in [4.78, 5) is 15.3. The van der Waals surface area contributed by atoms with E-state index in [0.29, 0.717) is 5.92 Å². The molecule has 5 rings (SSSR count). The van der Waals surface area contributed by atoms with Gasteiger partial charge in [-0.05, 0) is 54.2 Å². The Morgan fingerprint density at radius 2 is 1.92 bits per heavy atom. The minimum Gasteiger partial charge on any atom is -0.475 e. The van der Waals surface area contributed by atoms with Gasteiger partial charge in [0.25, 0.3) is 0 Å². The Bertz CT molecular complexity index is 1410. The number of anilines is 1. The van der Waals surface area contributed by atoms with Crippen molar-refractivity contribution < 1.29 is 31.5 Å². The first-order valence-corrected chi connectivity index (χ1v) is 14.1. The van der Waals surface area contributed by atoms with Gasteiger partial charge in [0.15, 0.2) is 0 Å². The van der Waals surface area contributed by atoms with Crippen molar-refractivity contribution >= 4 is 49.2 Å². The summed E-state index contributed by atoms with van der Waals surface area (Å²) in [6.45, 7) is 2.40. The first-order valence-electron chi connectivity index (χ1n) is 11.4. The number of hydrogen-bond acceptors (Lipinski definition) is 5. The van der Waals surface area contributed by atoms with E-state index in [1.54, 1.807) is 24.7 Å². The number of carboxylic acids is 1. The molecule has 1 fully saturated rings. The van der Waals surface area contributed by atoms with E-state index < -0.39 is 22.2 Å². The zero-order valence-corrected chi connectivity index (χ0v) is 22.9. The van der Waals surface area contributed by atoms with Crippen LogP contribution in [0.3, 0.4) is 0 Å². The number of hydrogen-bond donors (Lipinski definition) is 2. The molecule has 14 heteroatoms. The molecule has 0 spiro atoms. The molecule has 3 aromatic rings. The molecule has 2 N–H and O–H groups in total. The number of benzene rings is 2. The zero-order chi connectivity index (χ0) is 27.7. The fourth-order valence-electron chi connectivity index (χ4n) is 4.42. The van der Waals surface area contributed by atoms with Gasteiger partial charge in [0.2, 0.25) is 10.0 Å². The number of nitrogens with one attached hydrogen (secondary N) is 1. The van der Waals surface area contributed by atoms with Crippen LogP contribution in [0.2, 0.25) is 5.02 Å². The van der Waals surface area contributed by atoms with Crippen molar-refractivity contribution in [1.82, 2.24) is 14.3 Å². The number of fused-ring (bicyclic) bond motifs is 1. The molecule has 2 aliphatic rings. The number of carboxylic acid groups (broad SMARTS) is 1. The molecule has 0 unspecified atom stereocenters. The van der Waals surface area contributed by atoms with Gasteiger partial charge in [-0.3, -0.25) is 0 Å². The summed E-state index contributed by atoms with van der Waals surface area (Å²) < 4.78 is 63.5. The maximum absolute atomic E-state index is 12.9. The van der Waals surface area contributed by atoms with Crippen LogP contribution in [0, 0.1) is 5.92 Å². The van der Waals surface area contributed by atoms with Crippen LogP contribution in [0.15, 0.2) is 64.5 Å². The van der Waals surface area contributed by atoms with E-state index in [4.69, 9.17) is 21.5 Å². The smallest absolute Gasteiger partial charge is 0.475 e. The van der Waals surface area contributed by atoms with Crippen molar-refractivity contribution in [3.63, 3.8) is 0 Å². The summed E-state index contributed by atoms with van der Waals surface area (Å²) in [6.07, 6.45) is 2.01. The number of nitrogens with zero attached hydrogens (tertiary/aromatic N) is 3. The van der Waals surface area contributed by atoms with E-state index in [1.165, 1.54) is 11.1 Å². The highest BCUT2D eigenvalue weighted by Crippen LogP contribution is 2.36. The number of halogens is 5. The summed E-state index contributed by atoms with van der Waals surface area (Å²) in [6, 6.07) is 11.3. The predicted octanol–water partition coefficient (Wildman–Crippen LogP) is 5.21. The quantitative estimate of drug-likeness (QED) is 0.386. The van der Waals surface area contributed by atoms with Crippen LogP contribution in [-0.2, 0) is 34.5 Å². The fraction of sp³-hybridized carbons (Fsp3) is 0.333. The van der Waals surface area contributed by atoms with Crippen LogP contribution in [0.5, 0.6) is 0 Å². The number of sulfonamides is 1. The van der Waals surface area contributed by atoms with Crippen molar-refractivity contribution in [3.05, 3.63) is 75.7 Å². The SMILES string of the molecule is O=C(O)C(F)(F)F.O=S(=O)(NC1CC(Cn2ccnc2)C1)c1ccc(N2Cc3cccc(Br)c3C2)cc1Cl. The second-order valence-electron chi connectivity index (χ2n) is 9.07. The molecule has 38 heavy (non-hydrogen) atoms. The lowest BCUT2D eigenvalue weighted by atomic mass is 9.81. The van der Waals surface area contributed by atoms with Gasteiger partial charge < -0.3 is 14.6 Å². The minimum atomic E-state index is -5.08. The van der Waals surface area contributed by atoms with E-state index in [1.807, 2.05) is 29.0 Å². The average Bonchev–Trinajstić information content (AvgIpc) is 3.47. The van der Waals surface area contributed by atoms with E-state index in [9.17, 15) is 21.6 Å². The molecule has 2 aromatic carbocycles. The van der Waals surface area contributed by atoms with Gasteiger partial charge >= 0.3 is 12.1 Å². The molecule has 1 saturated carbocycles. The molecule has 0 saturated heterocycles. The highest BCUT2D eigenvalue weighted by molar-refractivity contribution is 9.10. The van der Waals surface area contributed by atoms with Gasteiger partial charge in [-0.15, -0.1) is 0 Å². The zero-order valence-electron chi connectivity index (χ0n) is 19.7. The largest absolute Gasteiger partial charge is 0.490 e. The molecule has 0 atom stereocenters. The van der Waals surface area contributed by atoms with Crippen LogP contribution in [-0.4, -0.2) is 41.3 Å². The first kappa shape index (κ1) is 28.4. The normalized spacial score (nSPS) is 18.8. The molecule has 8 nitrogen and oxygen atoms in total. The Hall–Kier alpha value is -2.61. The fourth-order valence-corrected chi connectivity index (χ4v) is 6.76. The molecular weight excluding hydrogens is 613 g/mol. The Labute approximate surface area is 230 Å². The number of aliphatic carboxylic acids is 1. The van der Waals surface area contributed by atoms with Crippen molar-refractivity contribution in [2.75, 3.05) is 4.90 Å². The number of aromatic nitrogens is 2. The second kappa shape index (κ2) is 11.2. The van der Waals surface area contributed by atoms with Crippen molar-refractivity contribution in [3.8, 4) is 0 Å². The molecule has 2 heterocycles. The summed E-state index contributed by atoms with van der Waals surface area (Å²) >= 11 is 10.0. The molecule has 1 aliphatic heterocycles. The third-order valence-corrected chi connectivity index (χ3v) is 9.07. The molecule has 0 bridgehead atoms. The maximum atomic E-state index is 12.9. The average molecular weight is 636 g/mol. The molecule has 0 radical (unpaired) electrons. The highest BCUT2D eigenvalue weighted by Gasteiger charge is 2.38. The van der Waals surface area contributed by atoms with E-state index in [0.717, 1.165) is 42.6 Å². The van der Waals surface area contributed by atoms with Crippen LogP contribution >= 0.6 is 27.5 Å². The molecule has 1 aliphatic carbocycles. The summed E-state index contributed by atoms with van der Waals surface area (Å²) in [5, 5.41) is 7.37.